The molecule has 1 aliphatic carbocycles. The fourth-order valence-corrected chi connectivity index (χ4v) is 3.46. The Labute approximate surface area is 99.0 Å². The van der Waals surface area contributed by atoms with Crippen LogP contribution in [-0.4, -0.2) is 5.54 Å². The van der Waals surface area contributed by atoms with Crippen LogP contribution < -0.4 is 5.73 Å². The monoisotopic (exact) mass is 217 g/mol. The first-order chi connectivity index (χ1) is 7.60. The quantitative estimate of drug-likeness (QED) is 0.821. The van der Waals surface area contributed by atoms with Gasteiger partial charge in [-0.1, -0.05) is 51.1 Å². The zero-order valence-electron chi connectivity index (χ0n) is 10.7. The summed E-state index contributed by atoms with van der Waals surface area (Å²) in [5.74, 6) is 0.660. The maximum absolute atomic E-state index is 6.62. The molecule has 0 heterocycles. The summed E-state index contributed by atoms with van der Waals surface area (Å²) < 4.78 is 0. The maximum Gasteiger partial charge on any atom is 0.0282 e. The molecule has 1 aromatic rings. The average molecular weight is 217 g/mol. The third kappa shape index (κ3) is 1.41. The van der Waals surface area contributed by atoms with Gasteiger partial charge < -0.3 is 5.73 Å². The zero-order valence-corrected chi connectivity index (χ0v) is 10.7. The van der Waals surface area contributed by atoms with E-state index >= 15 is 0 Å². The van der Waals surface area contributed by atoms with E-state index in [1.165, 1.54) is 12.0 Å². The number of benzene rings is 1. The molecule has 88 valence electrons. The molecule has 1 aliphatic rings. The molecule has 0 saturated heterocycles. The topological polar surface area (TPSA) is 26.0 Å². The minimum Gasteiger partial charge on any atom is -0.324 e. The predicted molar refractivity (Wildman–Crippen MR) is 69.4 cm³/mol. The predicted octanol–water partition coefficient (Wildman–Crippen LogP) is 3.48. The smallest absolute Gasteiger partial charge is 0.0282 e. The minimum atomic E-state index is 0.0256. The number of hydrogen-bond acceptors (Lipinski definition) is 1. The van der Waals surface area contributed by atoms with Crippen LogP contribution in [0.2, 0.25) is 0 Å². The highest BCUT2D eigenvalue weighted by Gasteiger charge is 2.60. The van der Waals surface area contributed by atoms with Gasteiger partial charge in [-0.3, -0.25) is 0 Å². The molecule has 1 aromatic carbocycles. The van der Waals surface area contributed by atoms with E-state index < -0.39 is 0 Å². The van der Waals surface area contributed by atoms with Crippen LogP contribution in [0.5, 0.6) is 0 Å². The van der Waals surface area contributed by atoms with Crippen LogP contribution in [0.4, 0.5) is 0 Å². The number of nitrogens with two attached hydrogens (primary N) is 1. The summed E-state index contributed by atoms with van der Waals surface area (Å²) in [6, 6.07) is 10.8. The lowest BCUT2D eigenvalue weighted by Crippen LogP contribution is -2.48. The van der Waals surface area contributed by atoms with Crippen molar-refractivity contribution in [2.45, 2.75) is 51.0 Å². The second-order valence-electron chi connectivity index (χ2n) is 5.30. The number of rotatable bonds is 4. The van der Waals surface area contributed by atoms with Crippen molar-refractivity contribution in [2.24, 2.45) is 11.7 Å². The second kappa shape index (κ2) is 3.89. The van der Waals surface area contributed by atoms with Crippen LogP contribution in [-0.2, 0) is 5.41 Å². The van der Waals surface area contributed by atoms with Gasteiger partial charge >= 0.3 is 0 Å². The molecule has 1 saturated carbocycles. The maximum atomic E-state index is 6.62. The fraction of sp³-hybridized carbons (Fsp3) is 0.600. The lowest BCUT2D eigenvalue weighted by Gasteiger charge is -2.39. The van der Waals surface area contributed by atoms with Crippen molar-refractivity contribution in [1.29, 1.82) is 0 Å². The van der Waals surface area contributed by atoms with Crippen LogP contribution in [0, 0.1) is 5.92 Å². The molecule has 1 heteroatoms. The van der Waals surface area contributed by atoms with E-state index in [1.54, 1.807) is 0 Å². The standard InChI is InChI=1S/C15H23N/c1-4-14(5-2,15(16)11-12(15)3)13-9-7-6-8-10-13/h6-10,12H,4-5,11,16H2,1-3H3. The van der Waals surface area contributed by atoms with Gasteiger partial charge in [-0.25, -0.2) is 0 Å². The van der Waals surface area contributed by atoms with Gasteiger partial charge in [0.05, 0.1) is 0 Å². The molecule has 0 spiro atoms. The molecule has 2 N–H and O–H groups in total. The van der Waals surface area contributed by atoms with E-state index in [0.29, 0.717) is 5.92 Å². The van der Waals surface area contributed by atoms with Gasteiger partial charge in [0.1, 0.15) is 0 Å². The summed E-state index contributed by atoms with van der Waals surface area (Å²) in [7, 11) is 0. The van der Waals surface area contributed by atoms with E-state index in [0.717, 1.165) is 12.8 Å². The van der Waals surface area contributed by atoms with Gasteiger partial charge in [0.25, 0.3) is 0 Å². The molecule has 0 aliphatic heterocycles. The van der Waals surface area contributed by atoms with E-state index in [1.807, 2.05) is 0 Å². The highest BCUT2D eigenvalue weighted by molar-refractivity contribution is 5.35. The normalized spacial score (nSPS) is 29.1. The van der Waals surface area contributed by atoms with E-state index in [9.17, 15) is 0 Å². The molecular weight excluding hydrogens is 194 g/mol. The molecule has 1 fully saturated rings. The van der Waals surface area contributed by atoms with E-state index in [-0.39, 0.29) is 11.0 Å². The Kier molecular flexibility index (Phi) is 2.83. The molecule has 2 unspecified atom stereocenters. The lowest BCUT2D eigenvalue weighted by atomic mass is 9.68. The SMILES string of the molecule is CCC(CC)(c1ccccc1)C1(N)CC1C. The summed E-state index contributed by atoms with van der Waals surface area (Å²) in [6.45, 7) is 6.83. The van der Waals surface area contributed by atoms with Crippen molar-refractivity contribution in [3.63, 3.8) is 0 Å². The van der Waals surface area contributed by atoms with E-state index in [4.69, 9.17) is 5.73 Å². The highest BCUT2D eigenvalue weighted by Crippen LogP contribution is 2.57. The molecular formula is C15H23N. The minimum absolute atomic E-state index is 0.0256. The van der Waals surface area contributed by atoms with Gasteiger partial charge in [-0.2, -0.15) is 0 Å². The van der Waals surface area contributed by atoms with Crippen molar-refractivity contribution < 1.29 is 0 Å². The first kappa shape index (κ1) is 11.7. The first-order valence-corrected chi connectivity index (χ1v) is 6.45. The van der Waals surface area contributed by atoms with Crippen LogP contribution in [0.1, 0.15) is 45.6 Å². The van der Waals surface area contributed by atoms with Gasteiger partial charge in [0.15, 0.2) is 0 Å². The molecule has 0 aromatic heterocycles. The molecule has 2 rings (SSSR count). The van der Waals surface area contributed by atoms with Crippen LogP contribution in [0.3, 0.4) is 0 Å². The van der Waals surface area contributed by atoms with Crippen molar-refractivity contribution in [1.82, 2.24) is 0 Å². The van der Waals surface area contributed by atoms with Crippen molar-refractivity contribution in [3.05, 3.63) is 35.9 Å². The number of hydrogen-bond donors (Lipinski definition) is 1. The molecule has 2 atom stereocenters. The van der Waals surface area contributed by atoms with E-state index in [2.05, 4.69) is 51.1 Å². The first-order valence-electron chi connectivity index (χ1n) is 6.45. The summed E-state index contributed by atoms with van der Waals surface area (Å²) in [6.07, 6.45) is 3.44. The van der Waals surface area contributed by atoms with Gasteiger partial charge in [-0.05, 0) is 30.7 Å². The summed E-state index contributed by atoms with van der Waals surface area (Å²) in [5, 5.41) is 0. The van der Waals surface area contributed by atoms with Crippen molar-refractivity contribution in [3.8, 4) is 0 Å². The van der Waals surface area contributed by atoms with Crippen LogP contribution in [0.15, 0.2) is 30.3 Å². The average Bonchev–Trinajstić information content (AvgIpc) is 2.92. The Morgan fingerprint density at radius 3 is 2.12 bits per heavy atom. The van der Waals surface area contributed by atoms with Gasteiger partial charge in [0.2, 0.25) is 0 Å². The van der Waals surface area contributed by atoms with Crippen molar-refractivity contribution in [2.75, 3.05) is 0 Å². The Balaban J connectivity index is 2.44. The van der Waals surface area contributed by atoms with Gasteiger partial charge in [-0.15, -0.1) is 0 Å². The lowest BCUT2D eigenvalue weighted by molar-refractivity contribution is 0.284. The Morgan fingerprint density at radius 2 is 1.75 bits per heavy atom. The Hall–Kier alpha value is -0.820. The van der Waals surface area contributed by atoms with Gasteiger partial charge in [0, 0.05) is 11.0 Å². The summed E-state index contributed by atoms with van der Waals surface area (Å²) >= 11 is 0. The van der Waals surface area contributed by atoms with Crippen molar-refractivity contribution >= 4 is 0 Å². The largest absolute Gasteiger partial charge is 0.324 e. The third-order valence-corrected chi connectivity index (χ3v) is 4.79. The molecule has 0 amide bonds. The second-order valence-corrected chi connectivity index (χ2v) is 5.30. The van der Waals surface area contributed by atoms with Crippen LogP contribution in [0.25, 0.3) is 0 Å². The Bertz CT molecular complexity index is 353. The summed E-state index contributed by atoms with van der Waals surface area (Å²) in [5.41, 5.74) is 8.25. The molecule has 0 radical (unpaired) electrons. The summed E-state index contributed by atoms with van der Waals surface area (Å²) in [4.78, 5) is 0. The Morgan fingerprint density at radius 1 is 1.25 bits per heavy atom. The van der Waals surface area contributed by atoms with Crippen LogP contribution >= 0.6 is 0 Å². The molecule has 0 bridgehead atoms. The highest BCUT2D eigenvalue weighted by atomic mass is 14.9. The molecule has 16 heavy (non-hydrogen) atoms. The molecule has 1 nitrogen and oxygen atoms in total. The zero-order chi connectivity index (χ0) is 11.8. The third-order valence-electron chi connectivity index (χ3n) is 4.79. The fourth-order valence-electron chi connectivity index (χ4n) is 3.46.